The number of amides is 1. The lowest BCUT2D eigenvalue weighted by molar-refractivity contribution is -0.139. The molecule has 0 radical (unpaired) electrons. The van der Waals surface area contributed by atoms with Crippen LogP contribution in [0.5, 0.6) is 0 Å². The van der Waals surface area contributed by atoms with E-state index < -0.39 is 23.6 Å². The Balaban J connectivity index is 2.25. The van der Waals surface area contributed by atoms with Crippen molar-refractivity contribution in [2.45, 2.75) is 38.8 Å². The van der Waals surface area contributed by atoms with Gasteiger partial charge in [-0.3, -0.25) is 4.79 Å². The lowest BCUT2D eigenvalue weighted by Gasteiger charge is -2.32. The van der Waals surface area contributed by atoms with Crippen molar-refractivity contribution in [2.24, 2.45) is 7.05 Å². The number of aromatic nitrogens is 2. The van der Waals surface area contributed by atoms with Crippen LogP contribution in [0.1, 0.15) is 38.1 Å². The average molecular weight is 281 g/mol. The number of hydrogen-bond acceptors (Lipinski definition) is 4. The summed E-state index contributed by atoms with van der Waals surface area (Å²) < 4.78 is 6.98. The summed E-state index contributed by atoms with van der Waals surface area (Å²) in [6.07, 6.45) is 1.05. The van der Waals surface area contributed by atoms with Crippen LogP contribution in [0.15, 0.2) is 6.33 Å². The number of fused-ring (bicyclic) bond motifs is 1. The van der Waals surface area contributed by atoms with Crippen molar-refractivity contribution in [1.82, 2.24) is 14.5 Å². The monoisotopic (exact) mass is 281 g/mol. The normalized spacial score (nSPS) is 18.6. The van der Waals surface area contributed by atoms with Crippen molar-refractivity contribution >= 4 is 12.1 Å². The first-order valence-corrected chi connectivity index (χ1v) is 6.40. The number of carbonyl (C=O) groups excluding carboxylic acids is 1. The van der Waals surface area contributed by atoms with Crippen LogP contribution >= 0.6 is 0 Å². The summed E-state index contributed by atoms with van der Waals surface area (Å²) in [5.74, 6) is -1.75. The first-order chi connectivity index (χ1) is 9.19. The number of imidazole rings is 1. The molecule has 7 nitrogen and oxygen atoms in total. The van der Waals surface area contributed by atoms with Gasteiger partial charge in [0.25, 0.3) is 0 Å². The van der Waals surface area contributed by atoms with Crippen molar-refractivity contribution in [3.05, 3.63) is 17.7 Å². The Morgan fingerprint density at radius 1 is 1.45 bits per heavy atom. The molecule has 1 aromatic heterocycles. The molecule has 0 fully saturated rings. The predicted octanol–water partition coefficient (Wildman–Crippen LogP) is 1.34. The SMILES string of the molecule is Cn1cnc2c1C(C(=O)O)CN(C(=O)OC(C)(C)C)C2. The van der Waals surface area contributed by atoms with E-state index in [1.54, 1.807) is 38.7 Å². The fourth-order valence-corrected chi connectivity index (χ4v) is 2.27. The Kier molecular flexibility index (Phi) is 3.45. The van der Waals surface area contributed by atoms with Gasteiger partial charge in [-0.2, -0.15) is 0 Å². The van der Waals surface area contributed by atoms with Crippen LogP contribution in [-0.2, 0) is 23.1 Å². The molecule has 20 heavy (non-hydrogen) atoms. The van der Waals surface area contributed by atoms with Crippen LogP contribution in [0.2, 0.25) is 0 Å². The van der Waals surface area contributed by atoms with E-state index in [9.17, 15) is 14.7 Å². The molecule has 1 atom stereocenters. The molecule has 1 aliphatic heterocycles. The second-order valence-corrected chi connectivity index (χ2v) is 5.94. The van der Waals surface area contributed by atoms with Gasteiger partial charge in [0.05, 0.1) is 24.3 Å². The minimum atomic E-state index is -0.969. The number of aryl methyl sites for hydroxylation is 1. The number of carbonyl (C=O) groups is 2. The smallest absolute Gasteiger partial charge is 0.410 e. The summed E-state index contributed by atoms with van der Waals surface area (Å²) in [5.41, 5.74) is 0.648. The van der Waals surface area contributed by atoms with E-state index >= 15 is 0 Å². The quantitative estimate of drug-likeness (QED) is 0.839. The fraction of sp³-hybridized carbons (Fsp3) is 0.615. The first kappa shape index (κ1) is 14.4. The molecule has 110 valence electrons. The summed E-state index contributed by atoms with van der Waals surface area (Å²) in [6.45, 7) is 5.69. The second kappa shape index (κ2) is 4.81. The Labute approximate surface area is 117 Å². The number of carboxylic acids is 1. The van der Waals surface area contributed by atoms with E-state index in [-0.39, 0.29) is 13.1 Å². The summed E-state index contributed by atoms with van der Waals surface area (Å²) in [4.78, 5) is 29.0. The molecule has 1 aliphatic rings. The molecule has 0 spiro atoms. The summed E-state index contributed by atoms with van der Waals surface area (Å²) in [7, 11) is 1.75. The summed E-state index contributed by atoms with van der Waals surface area (Å²) in [5, 5.41) is 9.34. The zero-order valence-electron chi connectivity index (χ0n) is 12.1. The van der Waals surface area contributed by atoms with Gasteiger partial charge in [0.15, 0.2) is 0 Å². The maximum Gasteiger partial charge on any atom is 0.410 e. The predicted molar refractivity (Wildman–Crippen MR) is 70.2 cm³/mol. The highest BCUT2D eigenvalue weighted by molar-refractivity contribution is 5.78. The second-order valence-electron chi connectivity index (χ2n) is 5.94. The largest absolute Gasteiger partial charge is 0.481 e. The highest BCUT2D eigenvalue weighted by Gasteiger charge is 2.37. The molecule has 0 saturated carbocycles. The van der Waals surface area contributed by atoms with Crippen LogP contribution in [0, 0.1) is 0 Å². The Morgan fingerprint density at radius 3 is 2.65 bits per heavy atom. The van der Waals surface area contributed by atoms with Gasteiger partial charge < -0.3 is 19.3 Å². The Morgan fingerprint density at radius 2 is 2.10 bits per heavy atom. The standard InChI is InChI=1S/C13H19N3O4/c1-13(2,3)20-12(19)16-5-8(11(17)18)10-9(6-16)14-7-15(10)4/h7-8H,5-6H2,1-4H3,(H,17,18). The van der Waals surface area contributed by atoms with E-state index in [0.717, 1.165) is 0 Å². The van der Waals surface area contributed by atoms with Crippen LogP contribution < -0.4 is 0 Å². The summed E-state index contributed by atoms with van der Waals surface area (Å²) >= 11 is 0. The van der Waals surface area contributed by atoms with Crippen LogP contribution in [-0.4, -0.2) is 43.8 Å². The lowest BCUT2D eigenvalue weighted by atomic mass is 9.99. The third kappa shape index (κ3) is 2.76. The van der Waals surface area contributed by atoms with Crippen LogP contribution in [0.25, 0.3) is 0 Å². The third-order valence-electron chi connectivity index (χ3n) is 3.09. The van der Waals surface area contributed by atoms with E-state index in [2.05, 4.69) is 4.98 Å². The number of aliphatic carboxylic acids is 1. The number of carboxylic acid groups (broad SMARTS) is 1. The molecule has 0 aromatic carbocycles. The van der Waals surface area contributed by atoms with Crippen LogP contribution in [0.3, 0.4) is 0 Å². The molecule has 1 N–H and O–H groups in total. The van der Waals surface area contributed by atoms with Gasteiger partial charge in [-0.05, 0) is 20.8 Å². The van der Waals surface area contributed by atoms with Crippen molar-refractivity contribution in [3.8, 4) is 0 Å². The Hall–Kier alpha value is -2.05. The lowest BCUT2D eigenvalue weighted by Crippen LogP contribution is -2.43. The van der Waals surface area contributed by atoms with Gasteiger partial charge >= 0.3 is 12.1 Å². The van der Waals surface area contributed by atoms with Crippen molar-refractivity contribution in [2.75, 3.05) is 6.54 Å². The minimum Gasteiger partial charge on any atom is -0.481 e. The molecule has 0 bridgehead atoms. The van der Waals surface area contributed by atoms with Gasteiger partial charge in [0, 0.05) is 13.6 Å². The fourth-order valence-electron chi connectivity index (χ4n) is 2.27. The molecule has 1 aromatic rings. The Bertz CT molecular complexity index is 544. The highest BCUT2D eigenvalue weighted by Crippen LogP contribution is 2.28. The van der Waals surface area contributed by atoms with Gasteiger partial charge in [-0.25, -0.2) is 9.78 Å². The molecule has 0 aliphatic carbocycles. The van der Waals surface area contributed by atoms with E-state index in [0.29, 0.717) is 11.4 Å². The van der Waals surface area contributed by atoms with E-state index in [4.69, 9.17) is 4.74 Å². The maximum absolute atomic E-state index is 12.1. The highest BCUT2D eigenvalue weighted by atomic mass is 16.6. The minimum absolute atomic E-state index is 0.0940. The molecular weight excluding hydrogens is 262 g/mol. The van der Waals surface area contributed by atoms with Gasteiger partial charge in [0.1, 0.15) is 11.5 Å². The van der Waals surface area contributed by atoms with Gasteiger partial charge in [-0.1, -0.05) is 0 Å². The number of rotatable bonds is 1. The molecule has 0 saturated heterocycles. The van der Waals surface area contributed by atoms with Crippen molar-refractivity contribution in [1.29, 1.82) is 0 Å². The number of hydrogen-bond donors (Lipinski definition) is 1. The average Bonchev–Trinajstić information content (AvgIpc) is 2.68. The zero-order chi connectivity index (χ0) is 15.1. The van der Waals surface area contributed by atoms with Crippen molar-refractivity contribution < 1.29 is 19.4 Å². The van der Waals surface area contributed by atoms with Crippen LogP contribution in [0.4, 0.5) is 4.79 Å². The molecule has 7 heteroatoms. The maximum atomic E-state index is 12.1. The zero-order valence-corrected chi connectivity index (χ0v) is 12.1. The third-order valence-corrected chi connectivity index (χ3v) is 3.09. The van der Waals surface area contributed by atoms with Gasteiger partial charge in [-0.15, -0.1) is 0 Å². The summed E-state index contributed by atoms with van der Waals surface area (Å²) in [6, 6.07) is 0. The van der Waals surface area contributed by atoms with Gasteiger partial charge in [0.2, 0.25) is 0 Å². The van der Waals surface area contributed by atoms with E-state index in [1.165, 1.54) is 4.90 Å². The molecular formula is C13H19N3O4. The molecule has 2 rings (SSSR count). The number of nitrogens with zero attached hydrogens (tertiary/aromatic N) is 3. The molecule has 1 amide bonds. The van der Waals surface area contributed by atoms with Crippen molar-refractivity contribution in [3.63, 3.8) is 0 Å². The number of ether oxygens (including phenoxy) is 1. The molecule has 2 heterocycles. The molecule has 1 unspecified atom stereocenters. The van der Waals surface area contributed by atoms with E-state index in [1.807, 2.05) is 0 Å². The first-order valence-electron chi connectivity index (χ1n) is 6.40. The topological polar surface area (TPSA) is 84.7 Å².